The highest BCUT2D eigenvalue weighted by Gasteiger charge is 2.22. The highest BCUT2D eigenvalue weighted by Crippen LogP contribution is 2.19. The van der Waals surface area contributed by atoms with Crippen LogP contribution in [0.1, 0.15) is 45.8 Å². The number of nitrogens with zero attached hydrogens (tertiary/aromatic N) is 1. The summed E-state index contributed by atoms with van der Waals surface area (Å²) in [5.41, 5.74) is 0.767. The van der Waals surface area contributed by atoms with Crippen molar-refractivity contribution in [3.05, 3.63) is 28.6 Å². The molecule has 16 heavy (non-hydrogen) atoms. The number of rotatable bonds is 4. The largest absolute Gasteiger partial charge is 0.478 e. The van der Waals surface area contributed by atoms with Gasteiger partial charge in [0.05, 0.1) is 5.56 Å². The molecule has 2 N–H and O–H groups in total. The monoisotopic (exact) mass is 223 g/mol. The molecule has 0 aromatic carbocycles. The molecular formula is C11H13NO4. The van der Waals surface area contributed by atoms with E-state index in [1.165, 1.54) is 6.20 Å². The van der Waals surface area contributed by atoms with Gasteiger partial charge in [0.2, 0.25) is 0 Å². The third-order valence-electron chi connectivity index (χ3n) is 2.43. The van der Waals surface area contributed by atoms with Gasteiger partial charge in [0.1, 0.15) is 0 Å². The number of aromatic carboxylic acids is 2. The molecule has 0 bridgehead atoms. The van der Waals surface area contributed by atoms with Crippen LogP contribution in [-0.4, -0.2) is 27.1 Å². The zero-order valence-corrected chi connectivity index (χ0v) is 9.15. The number of hydrogen-bond donors (Lipinski definition) is 2. The van der Waals surface area contributed by atoms with Gasteiger partial charge in [-0.2, -0.15) is 0 Å². The van der Waals surface area contributed by atoms with Gasteiger partial charge >= 0.3 is 11.9 Å². The number of carboxylic acid groups (broad SMARTS) is 2. The van der Waals surface area contributed by atoms with Crippen molar-refractivity contribution in [2.75, 3.05) is 0 Å². The molecule has 0 radical (unpaired) electrons. The Morgan fingerprint density at radius 2 is 1.81 bits per heavy atom. The van der Waals surface area contributed by atoms with Crippen LogP contribution >= 0.6 is 0 Å². The van der Waals surface area contributed by atoms with E-state index in [9.17, 15) is 9.59 Å². The van der Waals surface area contributed by atoms with E-state index in [1.54, 1.807) is 6.92 Å². The Labute approximate surface area is 92.8 Å². The third kappa shape index (κ3) is 2.03. The van der Waals surface area contributed by atoms with Crippen LogP contribution in [0.2, 0.25) is 0 Å². The summed E-state index contributed by atoms with van der Waals surface area (Å²) in [6.07, 6.45) is 2.55. The third-order valence-corrected chi connectivity index (χ3v) is 2.43. The Kier molecular flexibility index (Phi) is 3.60. The number of carbonyl (C=O) groups is 2. The summed E-state index contributed by atoms with van der Waals surface area (Å²) in [4.78, 5) is 25.6. The van der Waals surface area contributed by atoms with Crippen molar-refractivity contribution >= 4 is 11.9 Å². The van der Waals surface area contributed by atoms with Crippen LogP contribution in [0.15, 0.2) is 6.20 Å². The van der Waals surface area contributed by atoms with Gasteiger partial charge in [-0.25, -0.2) is 14.6 Å². The number of carboxylic acids is 2. The predicted octanol–water partition coefficient (Wildman–Crippen LogP) is 1.60. The van der Waals surface area contributed by atoms with Crippen LogP contribution in [0.5, 0.6) is 0 Å². The second kappa shape index (κ2) is 4.74. The fourth-order valence-corrected chi connectivity index (χ4v) is 1.69. The number of aryl methyl sites for hydroxylation is 1. The quantitative estimate of drug-likeness (QED) is 0.809. The summed E-state index contributed by atoms with van der Waals surface area (Å²) in [5.74, 6) is -2.55. The fourth-order valence-electron chi connectivity index (χ4n) is 1.69. The Bertz CT molecular complexity index is 440. The molecule has 1 rings (SSSR count). The lowest BCUT2D eigenvalue weighted by Crippen LogP contribution is -2.15. The Balaban J connectivity index is 3.56. The van der Waals surface area contributed by atoms with E-state index in [0.29, 0.717) is 18.4 Å². The van der Waals surface area contributed by atoms with Crippen LogP contribution in [0.3, 0.4) is 0 Å². The molecule has 0 aliphatic carbocycles. The minimum Gasteiger partial charge on any atom is -0.478 e. The molecular weight excluding hydrogens is 210 g/mol. The molecule has 0 unspecified atom stereocenters. The molecule has 0 atom stereocenters. The summed E-state index contributed by atoms with van der Waals surface area (Å²) in [6, 6.07) is 0. The zero-order chi connectivity index (χ0) is 12.3. The average Bonchev–Trinajstić information content (AvgIpc) is 2.26. The standard InChI is InChI=1S/C11H13NO4/c1-3-6-5-12-9(11(15)16)8(10(13)14)7(6)4-2/h5H,3-4H2,1-2H3,(H,13,14)(H,15,16). The molecule has 0 saturated heterocycles. The van der Waals surface area contributed by atoms with Crippen molar-refractivity contribution in [2.45, 2.75) is 26.7 Å². The van der Waals surface area contributed by atoms with E-state index in [-0.39, 0.29) is 11.3 Å². The SMILES string of the molecule is CCc1cnc(C(=O)O)c(C(=O)O)c1CC. The van der Waals surface area contributed by atoms with Crippen LogP contribution in [0.25, 0.3) is 0 Å². The van der Waals surface area contributed by atoms with Crippen molar-refractivity contribution in [1.82, 2.24) is 4.98 Å². The van der Waals surface area contributed by atoms with Crippen molar-refractivity contribution in [1.29, 1.82) is 0 Å². The van der Waals surface area contributed by atoms with E-state index in [2.05, 4.69) is 4.98 Å². The second-order valence-electron chi connectivity index (χ2n) is 3.30. The number of hydrogen-bond acceptors (Lipinski definition) is 3. The molecule has 1 heterocycles. The van der Waals surface area contributed by atoms with Crippen molar-refractivity contribution in [3.8, 4) is 0 Å². The van der Waals surface area contributed by atoms with Crippen LogP contribution in [0, 0.1) is 0 Å². The molecule has 0 aliphatic rings. The lowest BCUT2D eigenvalue weighted by Gasteiger charge is -2.11. The number of aromatic nitrogens is 1. The van der Waals surface area contributed by atoms with Gasteiger partial charge in [0.25, 0.3) is 0 Å². The minimum absolute atomic E-state index is 0.186. The first-order chi connectivity index (χ1) is 7.52. The molecule has 1 aromatic heterocycles. The van der Waals surface area contributed by atoms with E-state index in [4.69, 9.17) is 10.2 Å². The van der Waals surface area contributed by atoms with Crippen LogP contribution < -0.4 is 0 Å². The van der Waals surface area contributed by atoms with Crippen molar-refractivity contribution in [2.24, 2.45) is 0 Å². The summed E-state index contributed by atoms with van der Waals surface area (Å²) < 4.78 is 0. The first-order valence-electron chi connectivity index (χ1n) is 5.00. The number of pyridine rings is 1. The maximum absolute atomic E-state index is 11.1. The summed E-state index contributed by atoms with van der Waals surface area (Å²) in [7, 11) is 0. The van der Waals surface area contributed by atoms with Gasteiger partial charge in [0, 0.05) is 6.20 Å². The molecule has 0 aliphatic heterocycles. The van der Waals surface area contributed by atoms with Crippen molar-refractivity contribution in [3.63, 3.8) is 0 Å². The topological polar surface area (TPSA) is 87.5 Å². The molecule has 5 nitrogen and oxygen atoms in total. The zero-order valence-electron chi connectivity index (χ0n) is 9.15. The van der Waals surface area contributed by atoms with Gasteiger partial charge < -0.3 is 10.2 Å². The van der Waals surface area contributed by atoms with Gasteiger partial charge in [-0.15, -0.1) is 0 Å². The van der Waals surface area contributed by atoms with Gasteiger partial charge in [-0.3, -0.25) is 0 Å². The summed E-state index contributed by atoms with van der Waals surface area (Å²) >= 11 is 0. The van der Waals surface area contributed by atoms with Crippen LogP contribution in [-0.2, 0) is 12.8 Å². The van der Waals surface area contributed by atoms with Gasteiger partial charge in [-0.05, 0) is 24.0 Å². The first-order valence-corrected chi connectivity index (χ1v) is 5.00. The van der Waals surface area contributed by atoms with E-state index >= 15 is 0 Å². The molecule has 0 amide bonds. The smallest absolute Gasteiger partial charge is 0.355 e. The maximum atomic E-state index is 11.1. The molecule has 1 aromatic rings. The normalized spacial score (nSPS) is 10.1. The fraction of sp³-hybridized carbons (Fsp3) is 0.364. The minimum atomic E-state index is -1.31. The Morgan fingerprint density at radius 1 is 1.19 bits per heavy atom. The van der Waals surface area contributed by atoms with Crippen LogP contribution in [0.4, 0.5) is 0 Å². The average molecular weight is 223 g/mol. The van der Waals surface area contributed by atoms with Gasteiger partial charge in [0.15, 0.2) is 5.69 Å². The lowest BCUT2D eigenvalue weighted by atomic mass is 9.97. The molecule has 5 heteroatoms. The lowest BCUT2D eigenvalue weighted by molar-refractivity contribution is 0.0645. The Morgan fingerprint density at radius 3 is 2.19 bits per heavy atom. The van der Waals surface area contributed by atoms with Crippen molar-refractivity contribution < 1.29 is 19.8 Å². The highest BCUT2D eigenvalue weighted by molar-refractivity contribution is 6.01. The first kappa shape index (κ1) is 12.2. The predicted molar refractivity (Wildman–Crippen MR) is 56.9 cm³/mol. The molecule has 0 fully saturated rings. The van der Waals surface area contributed by atoms with E-state index in [1.807, 2.05) is 6.92 Å². The summed E-state index contributed by atoms with van der Waals surface area (Å²) in [5, 5.41) is 17.9. The molecule has 0 saturated carbocycles. The maximum Gasteiger partial charge on any atom is 0.355 e. The highest BCUT2D eigenvalue weighted by atomic mass is 16.4. The Hall–Kier alpha value is -1.91. The summed E-state index contributed by atoms with van der Waals surface area (Å²) in [6.45, 7) is 3.68. The molecule has 0 spiro atoms. The van der Waals surface area contributed by atoms with Gasteiger partial charge in [-0.1, -0.05) is 13.8 Å². The second-order valence-corrected chi connectivity index (χ2v) is 3.30. The van der Waals surface area contributed by atoms with E-state index < -0.39 is 11.9 Å². The van der Waals surface area contributed by atoms with E-state index in [0.717, 1.165) is 5.56 Å². The molecule has 86 valence electrons.